The second-order valence-corrected chi connectivity index (χ2v) is 5.90. The lowest BCUT2D eigenvalue weighted by molar-refractivity contribution is -0.124. The molecule has 2 amide bonds. The van der Waals surface area contributed by atoms with Crippen molar-refractivity contribution in [2.24, 2.45) is 11.7 Å². The first-order valence-electron chi connectivity index (χ1n) is 7.98. The van der Waals surface area contributed by atoms with Crippen LogP contribution in [0.5, 0.6) is 0 Å². The normalized spacial score (nSPS) is 16.2. The smallest absolute Gasteiger partial charge is 0.253 e. The van der Waals surface area contributed by atoms with E-state index in [0.717, 1.165) is 31.5 Å². The number of hydrogen-bond acceptors (Lipinski definition) is 3. The zero-order valence-electron chi connectivity index (χ0n) is 13.2. The molecule has 0 aliphatic carbocycles. The fourth-order valence-electron chi connectivity index (χ4n) is 2.52. The summed E-state index contributed by atoms with van der Waals surface area (Å²) in [7, 11) is 0. The number of amides is 2. The van der Waals surface area contributed by atoms with Gasteiger partial charge >= 0.3 is 0 Å². The maximum Gasteiger partial charge on any atom is 0.253 e. The maximum atomic E-state index is 12.3. The molecule has 0 aromatic heterocycles. The van der Waals surface area contributed by atoms with E-state index >= 15 is 0 Å². The number of carbonyl (C=O) groups is 2. The van der Waals surface area contributed by atoms with E-state index < -0.39 is 0 Å². The molecule has 1 atom stereocenters. The third kappa shape index (κ3) is 4.31. The molecule has 120 valence electrons. The van der Waals surface area contributed by atoms with Crippen molar-refractivity contribution in [1.82, 2.24) is 10.2 Å². The van der Waals surface area contributed by atoms with Gasteiger partial charge in [0.05, 0.1) is 0 Å². The molecule has 1 unspecified atom stereocenters. The van der Waals surface area contributed by atoms with Crippen LogP contribution in [0.1, 0.15) is 42.1 Å². The average molecular weight is 303 g/mol. The Kier molecular flexibility index (Phi) is 5.95. The van der Waals surface area contributed by atoms with Gasteiger partial charge in [-0.15, -0.1) is 0 Å². The second-order valence-electron chi connectivity index (χ2n) is 5.90. The van der Waals surface area contributed by atoms with E-state index in [9.17, 15) is 9.59 Å². The third-order valence-corrected chi connectivity index (χ3v) is 4.11. The molecule has 0 bridgehead atoms. The van der Waals surface area contributed by atoms with Crippen LogP contribution in [0.15, 0.2) is 24.3 Å². The highest BCUT2D eigenvalue weighted by atomic mass is 16.2. The summed E-state index contributed by atoms with van der Waals surface area (Å²) >= 11 is 0. The van der Waals surface area contributed by atoms with Gasteiger partial charge in [0, 0.05) is 37.7 Å². The second kappa shape index (κ2) is 7.94. The van der Waals surface area contributed by atoms with Crippen LogP contribution >= 0.6 is 0 Å². The molecule has 2 rings (SSSR count). The van der Waals surface area contributed by atoms with Gasteiger partial charge in [0.25, 0.3) is 5.91 Å². The van der Waals surface area contributed by atoms with E-state index in [4.69, 9.17) is 5.73 Å². The van der Waals surface area contributed by atoms with E-state index in [0.29, 0.717) is 18.7 Å². The minimum absolute atomic E-state index is 0.0454. The van der Waals surface area contributed by atoms with Gasteiger partial charge in [-0.05, 0) is 37.0 Å². The van der Waals surface area contributed by atoms with Crippen molar-refractivity contribution < 1.29 is 9.59 Å². The Balaban J connectivity index is 1.89. The summed E-state index contributed by atoms with van der Waals surface area (Å²) in [6.45, 7) is 4.31. The molecule has 5 heteroatoms. The standard InChI is InChI=1S/C17H25N3O2/c1-13(11-18)16(21)19-12-14-5-7-15(8-6-14)17(22)20-9-3-2-4-10-20/h5-8,13H,2-4,9-12,18H2,1H3,(H,19,21). The summed E-state index contributed by atoms with van der Waals surface area (Å²) < 4.78 is 0. The molecule has 1 aliphatic rings. The van der Waals surface area contributed by atoms with Gasteiger partial charge in [0.1, 0.15) is 0 Å². The fraction of sp³-hybridized carbons (Fsp3) is 0.529. The summed E-state index contributed by atoms with van der Waals surface area (Å²) in [6, 6.07) is 7.46. The predicted molar refractivity (Wildman–Crippen MR) is 86.3 cm³/mol. The Hall–Kier alpha value is -1.88. The number of benzene rings is 1. The number of nitrogens with one attached hydrogen (secondary N) is 1. The number of nitrogens with two attached hydrogens (primary N) is 1. The molecule has 5 nitrogen and oxygen atoms in total. The number of likely N-dealkylation sites (tertiary alicyclic amines) is 1. The van der Waals surface area contributed by atoms with E-state index in [1.54, 1.807) is 6.92 Å². The molecular weight excluding hydrogens is 278 g/mol. The lowest BCUT2D eigenvalue weighted by atomic mass is 10.1. The molecule has 22 heavy (non-hydrogen) atoms. The Labute approximate surface area is 131 Å². The zero-order valence-corrected chi connectivity index (χ0v) is 13.2. The quantitative estimate of drug-likeness (QED) is 0.866. The van der Waals surface area contributed by atoms with Crippen molar-refractivity contribution >= 4 is 11.8 Å². The van der Waals surface area contributed by atoms with Gasteiger partial charge in [-0.3, -0.25) is 9.59 Å². The first kappa shape index (κ1) is 16.5. The molecule has 0 saturated carbocycles. The summed E-state index contributed by atoms with van der Waals surface area (Å²) in [4.78, 5) is 25.9. The highest BCUT2D eigenvalue weighted by molar-refractivity contribution is 5.94. The number of nitrogens with zero attached hydrogens (tertiary/aromatic N) is 1. The van der Waals surface area contributed by atoms with Crippen LogP contribution in [0.4, 0.5) is 0 Å². The van der Waals surface area contributed by atoms with Crippen LogP contribution in [0, 0.1) is 5.92 Å². The van der Waals surface area contributed by atoms with Crippen LogP contribution in [0.25, 0.3) is 0 Å². The predicted octanol–water partition coefficient (Wildman–Crippen LogP) is 1.52. The molecule has 3 N–H and O–H groups in total. The Morgan fingerprint density at radius 3 is 2.41 bits per heavy atom. The SMILES string of the molecule is CC(CN)C(=O)NCc1ccc(C(=O)N2CCCCC2)cc1. The molecule has 1 saturated heterocycles. The topological polar surface area (TPSA) is 75.4 Å². The lowest BCUT2D eigenvalue weighted by Gasteiger charge is -2.26. The van der Waals surface area contributed by atoms with Crippen molar-refractivity contribution in [3.8, 4) is 0 Å². The first-order valence-corrected chi connectivity index (χ1v) is 7.98. The van der Waals surface area contributed by atoms with Crippen molar-refractivity contribution in [3.63, 3.8) is 0 Å². The van der Waals surface area contributed by atoms with Gasteiger partial charge in [-0.25, -0.2) is 0 Å². The van der Waals surface area contributed by atoms with Gasteiger partial charge in [0.15, 0.2) is 0 Å². The van der Waals surface area contributed by atoms with Crippen molar-refractivity contribution in [2.45, 2.75) is 32.7 Å². The summed E-state index contributed by atoms with van der Waals surface area (Å²) in [5.74, 6) is -0.122. The molecular formula is C17H25N3O2. The van der Waals surface area contributed by atoms with E-state index in [1.165, 1.54) is 6.42 Å². The van der Waals surface area contributed by atoms with Crippen molar-refractivity contribution in [3.05, 3.63) is 35.4 Å². The van der Waals surface area contributed by atoms with Gasteiger partial charge in [-0.2, -0.15) is 0 Å². The number of hydrogen-bond donors (Lipinski definition) is 2. The minimum atomic E-state index is -0.181. The lowest BCUT2D eigenvalue weighted by Crippen LogP contribution is -2.35. The Morgan fingerprint density at radius 2 is 1.82 bits per heavy atom. The first-order chi connectivity index (χ1) is 10.6. The fourth-order valence-corrected chi connectivity index (χ4v) is 2.52. The minimum Gasteiger partial charge on any atom is -0.352 e. The highest BCUT2D eigenvalue weighted by Crippen LogP contribution is 2.14. The van der Waals surface area contributed by atoms with E-state index in [1.807, 2.05) is 29.2 Å². The maximum absolute atomic E-state index is 12.3. The molecule has 1 aliphatic heterocycles. The molecule has 0 spiro atoms. The van der Waals surface area contributed by atoms with Crippen LogP contribution in [0.2, 0.25) is 0 Å². The van der Waals surface area contributed by atoms with Gasteiger partial charge in [-0.1, -0.05) is 19.1 Å². The van der Waals surface area contributed by atoms with Crippen LogP contribution in [-0.4, -0.2) is 36.3 Å². The Bertz CT molecular complexity index is 507. The van der Waals surface area contributed by atoms with E-state index in [2.05, 4.69) is 5.32 Å². The number of carbonyl (C=O) groups excluding carboxylic acids is 2. The molecule has 1 heterocycles. The van der Waals surface area contributed by atoms with Crippen molar-refractivity contribution in [1.29, 1.82) is 0 Å². The summed E-state index contributed by atoms with van der Waals surface area (Å²) in [6.07, 6.45) is 3.40. The van der Waals surface area contributed by atoms with Crippen LogP contribution in [0.3, 0.4) is 0 Å². The summed E-state index contributed by atoms with van der Waals surface area (Å²) in [5.41, 5.74) is 7.16. The Morgan fingerprint density at radius 1 is 1.18 bits per heavy atom. The van der Waals surface area contributed by atoms with Crippen LogP contribution in [-0.2, 0) is 11.3 Å². The van der Waals surface area contributed by atoms with Gasteiger partial charge in [0.2, 0.25) is 5.91 Å². The number of rotatable bonds is 5. The number of piperidine rings is 1. The van der Waals surface area contributed by atoms with Gasteiger partial charge < -0.3 is 16.0 Å². The van der Waals surface area contributed by atoms with E-state index in [-0.39, 0.29) is 17.7 Å². The van der Waals surface area contributed by atoms with Crippen molar-refractivity contribution in [2.75, 3.05) is 19.6 Å². The average Bonchev–Trinajstić information content (AvgIpc) is 2.59. The molecule has 1 fully saturated rings. The third-order valence-electron chi connectivity index (χ3n) is 4.11. The highest BCUT2D eigenvalue weighted by Gasteiger charge is 2.18. The van der Waals surface area contributed by atoms with Crippen LogP contribution < -0.4 is 11.1 Å². The monoisotopic (exact) mass is 303 g/mol. The molecule has 1 aromatic carbocycles. The summed E-state index contributed by atoms with van der Waals surface area (Å²) in [5, 5.41) is 2.85. The molecule has 1 aromatic rings. The molecule has 0 radical (unpaired) electrons. The zero-order chi connectivity index (χ0) is 15.9. The largest absolute Gasteiger partial charge is 0.352 e.